The Kier molecular flexibility index (Phi) is 5.40. The highest BCUT2D eigenvalue weighted by molar-refractivity contribution is 5.78. The summed E-state index contributed by atoms with van der Waals surface area (Å²) in [6.45, 7) is 12.2. The second-order valence-corrected chi connectivity index (χ2v) is 6.38. The van der Waals surface area contributed by atoms with Gasteiger partial charge in [0.15, 0.2) is 0 Å². The van der Waals surface area contributed by atoms with Gasteiger partial charge in [-0.05, 0) is 25.7 Å². The minimum atomic E-state index is -0.212. The molecule has 2 unspecified atom stereocenters. The van der Waals surface area contributed by atoms with Gasteiger partial charge in [-0.2, -0.15) is 0 Å². The van der Waals surface area contributed by atoms with Gasteiger partial charge in [0.1, 0.15) is 0 Å². The number of fused-ring (bicyclic) bond motifs is 1. The number of rotatable bonds is 6. The molecule has 2 fully saturated rings. The average molecular weight is 288 g/mol. The predicted octanol–water partition coefficient (Wildman–Crippen LogP) is 3.20. The average Bonchev–Trinajstić information content (AvgIpc) is 2.56. The van der Waals surface area contributed by atoms with Crippen LogP contribution in [0.2, 0.25) is 0 Å². The zero-order valence-electron chi connectivity index (χ0n) is 13.0. The lowest BCUT2D eigenvalue weighted by Crippen LogP contribution is -2.55. The van der Waals surface area contributed by atoms with Gasteiger partial charge < -0.3 is 10.2 Å². The number of nitrogens with one attached hydrogen (secondary N) is 1. The molecular formula is C18H28N2O. The molecule has 3 nitrogen and oxygen atoms in total. The molecule has 116 valence electrons. The van der Waals surface area contributed by atoms with Crippen molar-refractivity contribution >= 4 is 5.91 Å². The van der Waals surface area contributed by atoms with E-state index in [2.05, 4.69) is 25.1 Å². The minimum Gasteiger partial charge on any atom is -0.334 e. The summed E-state index contributed by atoms with van der Waals surface area (Å²) in [7, 11) is 0. The van der Waals surface area contributed by atoms with Crippen LogP contribution in [0.1, 0.15) is 44.9 Å². The van der Waals surface area contributed by atoms with E-state index in [0.29, 0.717) is 25.0 Å². The largest absolute Gasteiger partial charge is 0.334 e. The fraction of sp³-hybridized carbons (Fsp3) is 0.611. The smallest absolute Gasteiger partial charge is 0.225 e. The molecule has 3 heteroatoms. The molecule has 1 saturated carbocycles. The molecular weight excluding hydrogens is 260 g/mol. The molecule has 0 aromatic heterocycles. The van der Waals surface area contributed by atoms with E-state index in [-0.39, 0.29) is 11.4 Å². The summed E-state index contributed by atoms with van der Waals surface area (Å²) in [5, 5.41) is 3.81. The van der Waals surface area contributed by atoms with Crippen LogP contribution < -0.4 is 5.32 Å². The first kappa shape index (κ1) is 16.0. The molecule has 0 spiro atoms. The van der Waals surface area contributed by atoms with E-state index in [0.717, 1.165) is 25.7 Å². The molecule has 0 aromatic rings. The first-order valence-corrected chi connectivity index (χ1v) is 8.05. The summed E-state index contributed by atoms with van der Waals surface area (Å²) in [5.74, 6) is 0.237. The van der Waals surface area contributed by atoms with Gasteiger partial charge in [-0.1, -0.05) is 31.1 Å². The van der Waals surface area contributed by atoms with Gasteiger partial charge in [0.2, 0.25) is 5.91 Å². The van der Waals surface area contributed by atoms with E-state index in [1.165, 1.54) is 12.8 Å². The Morgan fingerprint density at radius 3 is 2.43 bits per heavy atom. The van der Waals surface area contributed by atoms with E-state index in [1.54, 1.807) is 0 Å². The maximum Gasteiger partial charge on any atom is 0.225 e. The van der Waals surface area contributed by atoms with Crippen molar-refractivity contribution in [3.05, 3.63) is 38.0 Å². The molecule has 1 N–H and O–H groups in total. The van der Waals surface area contributed by atoms with Gasteiger partial charge >= 0.3 is 0 Å². The Morgan fingerprint density at radius 2 is 1.81 bits per heavy atom. The van der Waals surface area contributed by atoms with Crippen LogP contribution in [0, 0.1) is 0 Å². The van der Waals surface area contributed by atoms with E-state index in [4.69, 9.17) is 0 Å². The van der Waals surface area contributed by atoms with Crippen molar-refractivity contribution in [3.8, 4) is 0 Å². The van der Waals surface area contributed by atoms with Crippen LogP contribution in [0.5, 0.6) is 0 Å². The number of amides is 1. The molecule has 0 bridgehead atoms. The van der Waals surface area contributed by atoms with Crippen molar-refractivity contribution < 1.29 is 4.79 Å². The predicted molar refractivity (Wildman–Crippen MR) is 88.1 cm³/mol. The fourth-order valence-corrected chi connectivity index (χ4v) is 3.95. The zero-order valence-corrected chi connectivity index (χ0v) is 13.0. The Balaban J connectivity index is 2.32. The van der Waals surface area contributed by atoms with E-state index < -0.39 is 0 Å². The first-order valence-electron chi connectivity index (χ1n) is 8.05. The van der Waals surface area contributed by atoms with Gasteiger partial charge in [-0.25, -0.2) is 0 Å². The Bertz CT molecular complexity index is 405. The van der Waals surface area contributed by atoms with Crippen LogP contribution in [0.3, 0.4) is 0 Å². The second-order valence-electron chi connectivity index (χ2n) is 6.38. The lowest BCUT2D eigenvalue weighted by Gasteiger charge is -2.40. The van der Waals surface area contributed by atoms with Crippen LogP contribution in [-0.2, 0) is 4.79 Å². The van der Waals surface area contributed by atoms with Gasteiger partial charge in [0.05, 0.1) is 0 Å². The molecule has 21 heavy (non-hydrogen) atoms. The fourth-order valence-electron chi connectivity index (χ4n) is 3.95. The third kappa shape index (κ3) is 3.46. The van der Waals surface area contributed by atoms with Crippen molar-refractivity contribution in [2.45, 2.75) is 62.6 Å². The SMILES string of the molecule is C=CCN1C(=O)CC(CC=C)(CC=C)NC2CCCCC21. The van der Waals surface area contributed by atoms with Crippen LogP contribution in [-0.4, -0.2) is 35.0 Å². The molecule has 1 saturated heterocycles. The Morgan fingerprint density at radius 1 is 1.14 bits per heavy atom. The maximum atomic E-state index is 12.8. The third-order valence-corrected chi connectivity index (χ3v) is 4.83. The van der Waals surface area contributed by atoms with Crippen LogP contribution >= 0.6 is 0 Å². The summed E-state index contributed by atoms with van der Waals surface area (Å²) in [5.41, 5.74) is -0.212. The van der Waals surface area contributed by atoms with Crippen LogP contribution in [0.15, 0.2) is 38.0 Å². The summed E-state index contributed by atoms with van der Waals surface area (Å²) in [6.07, 6.45) is 12.5. The molecule has 0 aromatic carbocycles. The Labute approximate surface area is 128 Å². The van der Waals surface area contributed by atoms with E-state index >= 15 is 0 Å². The number of hydrogen-bond donors (Lipinski definition) is 1. The van der Waals surface area contributed by atoms with Crippen LogP contribution in [0.4, 0.5) is 0 Å². The minimum absolute atomic E-state index is 0.212. The van der Waals surface area contributed by atoms with Crippen molar-refractivity contribution in [1.82, 2.24) is 10.2 Å². The van der Waals surface area contributed by atoms with Gasteiger partial charge in [-0.15, -0.1) is 19.7 Å². The molecule has 2 aliphatic rings. The lowest BCUT2D eigenvalue weighted by molar-refractivity contribution is -0.133. The molecule has 1 aliphatic heterocycles. The zero-order chi connectivity index (χ0) is 15.3. The number of hydrogen-bond acceptors (Lipinski definition) is 2. The molecule has 2 atom stereocenters. The molecule has 1 heterocycles. The lowest BCUT2D eigenvalue weighted by atomic mass is 9.84. The normalized spacial score (nSPS) is 28.4. The molecule has 1 aliphatic carbocycles. The number of carbonyl (C=O) groups is 1. The van der Waals surface area contributed by atoms with Crippen molar-refractivity contribution in [3.63, 3.8) is 0 Å². The molecule has 2 rings (SSSR count). The standard InChI is InChI=1S/C18H28N2O/c1-4-11-18(12-5-2)14-17(21)20(13-6-3)16-10-8-7-9-15(16)19-18/h4-6,15-16,19H,1-3,7-14H2. The Hall–Kier alpha value is -1.35. The summed E-state index contributed by atoms with van der Waals surface area (Å²) >= 11 is 0. The van der Waals surface area contributed by atoms with Crippen molar-refractivity contribution in [2.24, 2.45) is 0 Å². The van der Waals surface area contributed by atoms with E-state index in [9.17, 15) is 4.79 Å². The van der Waals surface area contributed by atoms with Crippen LogP contribution in [0.25, 0.3) is 0 Å². The highest BCUT2D eigenvalue weighted by atomic mass is 16.2. The van der Waals surface area contributed by atoms with Crippen molar-refractivity contribution in [1.29, 1.82) is 0 Å². The second kappa shape index (κ2) is 7.08. The maximum absolute atomic E-state index is 12.8. The quantitative estimate of drug-likeness (QED) is 0.761. The van der Waals surface area contributed by atoms with E-state index in [1.807, 2.05) is 23.1 Å². The number of nitrogens with zero attached hydrogens (tertiary/aromatic N) is 1. The summed E-state index contributed by atoms with van der Waals surface area (Å²) in [4.78, 5) is 14.8. The number of carbonyl (C=O) groups excluding carboxylic acids is 1. The van der Waals surface area contributed by atoms with Gasteiger partial charge in [0, 0.05) is 30.6 Å². The third-order valence-electron chi connectivity index (χ3n) is 4.83. The molecule has 0 radical (unpaired) electrons. The topological polar surface area (TPSA) is 32.3 Å². The van der Waals surface area contributed by atoms with Gasteiger partial charge in [-0.3, -0.25) is 4.79 Å². The monoisotopic (exact) mass is 288 g/mol. The first-order chi connectivity index (χ1) is 10.2. The summed E-state index contributed by atoms with van der Waals surface area (Å²) in [6, 6.07) is 0.686. The highest BCUT2D eigenvalue weighted by Crippen LogP contribution is 2.33. The summed E-state index contributed by atoms with van der Waals surface area (Å²) < 4.78 is 0. The highest BCUT2D eigenvalue weighted by Gasteiger charge is 2.43. The van der Waals surface area contributed by atoms with Crippen molar-refractivity contribution in [2.75, 3.05) is 6.54 Å². The molecule has 1 amide bonds. The van der Waals surface area contributed by atoms with Gasteiger partial charge in [0.25, 0.3) is 0 Å².